The van der Waals surface area contributed by atoms with Crippen molar-refractivity contribution < 1.29 is 18.0 Å². The van der Waals surface area contributed by atoms with Gasteiger partial charge in [-0.05, 0) is 42.3 Å². The normalized spacial score (nSPS) is 15.6. The maximum atomic E-state index is 14.4. The lowest BCUT2D eigenvalue weighted by Crippen LogP contribution is -2.46. The maximum absolute atomic E-state index is 14.4. The number of carbonyl (C=O) groups excluding carboxylic acids is 1. The fraction of sp³-hybridized carbons (Fsp3) is 0.217. The highest BCUT2D eigenvalue weighted by atomic mass is 19.2. The Labute approximate surface area is 181 Å². The quantitative estimate of drug-likeness (QED) is 0.562. The highest BCUT2D eigenvalue weighted by molar-refractivity contribution is 6.12. The van der Waals surface area contributed by atoms with Crippen molar-refractivity contribution in [2.24, 2.45) is 0 Å². The molecule has 3 heterocycles. The number of H-pyrrole nitrogens is 1. The molecule has 0 fully saturated rings. The lowest BCUT2D eigenvalue weighted by molar-refractivity contribution is 0.0982. The second-order valence-electron chi connectivity index (χ2n) is 7.87. The Bertz CT molecular complexity index is 1320. The van der Waals surface area contributed by atoms with Crippen LogP contribution in [0.15, 0.2) is 41.2 Å². The summed E-state index contributed by atoms with van der Waals surface area (Å²) >= 11 is 0. The number of nitrogens with zero attached hydrogens (tertiary/aromatic N) is 2. The maximum Gasteiger partial charge on any atom is 0.262 e. The first-order valence-corrected chi connectivity index (χ1v) is 10.1. The molecular formula is C23H19F3N4O2. The van der Waals surface area contributed by atoms with Crippen LogP contribution in [0.1, 0.15) is 27.2 Å². The Balaban J connectivity index is 1.80. The molecule has 9 heteroatoms. The van der Waals surface area contributed by atoms with Crippen LogP contribution in [-0.2, 0) is 13.0 Å². The van der Waals surface area contributed by atoms with Crippen molar-refractivity contribution in [2.45, 2.75) is 19.9 Å². The van der Waals surface area contributed by atoms with Crippen molar-refractivity contribution in [1.29, 1.82) is 0 Å². The van der Waals surface area contributed by atoms with E-state index in [1.807, 2.05) is 0 Å². The van der Waals surface area contributed by atoms with Gasteiger partial charge in [-0.2, -0.15) is 0 Å². The van der Waals surface area contributed by atoms with Gasteiger partial charge in [-0.3, -0.25) is 14.5 Å². The van der Waals surface area contributed by atoms with Crippen LogP contribution in [0.5, 0.6) is 0 Å². The molecule has 3 aromatic rings. The second kappa shape index (κ2) is 7.52. The number of hydrogen-bond acceptors (Lipinski definition) is 4. The van der Waals surface area contributed by atoms with Gasteiger partial charge in [-0.15, -0.1) is 0 Å². The topological polar surface area (TPSA) is 68.4 Å². The molecular weight excluding hydrogens is 421 g/mol. The molecule has 0 saturated heterocycles. The van der Waals surface area contributed by atoms with Crippen molar-refractivity contribution >= 4 is 23.0 Å². The van der Waals surface area contributed by atoms with Gasteiger partial charge in [0.25, 0.3) is 5.91 Å². The molecule has 0 atom stereocenters. The van der Waals surface area contributed by atoms with E-state index in [1.54, 1.807) is 24.0 Å². The number of carbonyl (C=O) groups is 1. The van der Waals surface area contributed by atoms with Crippen molar-refractivity contribution in [3.8, 4) is 0 Å². The average Bonchev–Trinajstić information content (AvgIpc) is 2.79. The predicted octanol–water partition coefficient (Wildman–Crippen LogP) is 3.50. The average molecular weight is 440 g/mol. The molecule has 0 unspecified atom stereocenters. The lowest BCUT2D eigenvalue weighted by Gasteiger charge is -2.39. The molecule has 2 aliphatic heterocycles. The minimum absolute atomic E-state index is 0.0198. The van der Waals surface area contributed by atoms with Crippen LogP contribution in [0.2, 0.25) is 0 Å². The fourth-order valence-electron chi connectivity index (χ4n) is 4.32. The van der Waals surface area contributed by atoms with E-state index in [-0.39, 0.29) is 29.3 Å². The molecule has 0 saturated carbocycles. The van der Waals surface area contributed by atoms with Crippen LogP contribution in [-0.4, -0.2) is 24.1 Å². The summed E-state index contributed by atoms with van der Waals surface area (Å²) in [4.78, 5) is 31.2. The van der Waals surface area contributed by atoms with Gasteiger partial charge < -0.3 is 15.2 Å². The Kier molecular flexibility index (Phi) is 4.78. The van der Waals surface area contributed by atoms with Crippen LogP contribution in [0, 0.1) is 24.4 Å². The van der Waals surface area contributed by atoms with E-state index in [0.717, 1.165) is 12.1 Å². The SMILES string of the molecule is Cc1c(F)ccc2c1CNCCc1[nH]c(=O)ccc1N1CN2c2cc(F)c(F)cc2C1=O. The summed E-state index contributed by atoms with van der Waals surface area (Å²) in [5, 5.41) is 3.25. The highest BCUT2D eigenvalue weighted by Crippen LogP contribution is 2.40. The number of halogens is 3. The monoisotopic (exact) mass is 440 g/mol. The van der Waals surface area contributed by atoms with Crippen LogP contribution in [0.25, 0.3) is 0 Å². The van der Waals surface area contributed by atoms with Crippen molar-refractivity contribution in [3.05, 3.63) is 86.6 Å². The smallest absolute Gasteiger partial charge is 0.262 e. The number of aromatic amines is 1. The Morgan fingerprint density at radius 2 is 1.62 bits per heavy atom. The number of nitrogens with one attached hydrogen (secondary N) is 2. The minimum atomic E-state index is -1.14. The van der Waals surface area contributed by atoms with Crippen molar-refractivity contribution in [3.63, 3.8) is 0 Å². The van der Waals surface area contributed by atoms with Crippen LogP contribution in [0.4, 0.5) is 30.2 Å². The number of pyridine rings is 1. The number of rotatable bonds is 0. The van der Waals surface area contributed by atoms with Crippen molar-refractivity contribution in [1.82, 2.24) is 10.3 Å². The van der Waals surface area contributed by atoms with Gasteiger partial charge in [0.15, 0.2) is 11.6 Å². The van der Waals surface area contributed by atoms with Gasteiger partial charge in [0.2, 0.25) is 5.56 Å². The zero-order valence-electron chi connectivity index (χ0n) is 17.1. The first-order chi connectivity index (χ1) is 15.3. The zero-order chi connectivity index (χ0) is 22.6. The Morgan fingerprint density at radius 1 is 0.875 bits per heavy atom. The third-order valence-electron chi connectivity index (χ3n) is 6.01. The van der Waals surface area contributed by atoms with E-state index in [9.17, 15) is 22.8 Å². The lowest BCUT2D eigenvalue weighted by atomic mass is 10.0. The Hall–Kier alpha value is -3.59. The molecule has 2 N–H and O–H groups in total. The first kappa shape index (κ1) is 20.3. The molecule has 0 radical (unpaired) electrons. The third-order valence-corrected chi connectivity index (χ3v) is 6.01. The highest BCUT2D eigenvalue weighted by Gasteiger charge is 2.35. The summed E-state index contributed by atoms with van der Waals surface area (Å²) in [6.07, 6.45) is 0.406. The van der Waals surface area contributed by atoms with Gasteiger partial charge >= 0.3 is 0 Å². The summed E-state index contributed by atoms with van der Waals surface area (Å²) < 4.78 is 42.8. The summed E-state index contributed by atoms with van der Waals surface area (Å²) in [6, 6.07) is 7.62. The molecule has 0 spiro atoms. The van der Waals surface area contributed by atoms with E-state index < -0.39 is 17.5 Å². The molecule has 2 aromatic carbocycles. The summed E-state index contributed by atoms with van der Waals surface area (Å²) in [6.45, 7) is 2.41. The Morgan fingerprint density at radius 3 is 2.44 bits per heavy atom. The number of fused-ring (bicyclic) bond motifs is 8. The molecule has 164 valence electrons. The molecule has 2 bridgehead atoms. The molecule has 0 aliphatic carbocycles. The number of aromatic nitrogens is 1. The third kappa shape index (κ3) is 3.16. The van der Waals surface area contributed by atoms with E-state index in [2.05, 4.69) is 10.3 Å². The van der Waals surface area contributed by atoms with E-state index in [0.29, 0.717) is 47.7 Å². The predicted molar refractivity (Wildman–Crippen MR) is 114 cm³/mol. The zero-order valence-corrected chi connectivity index (χ0v) is 17.1. The summed E-state index contributed by atoms with van der Waals surface area (Å²) in [5.41, 5.74) is 2.53. The van der Waals surface area contributed by atoms with E-state index in [4.69, 9.17) is 0 Å². The summed E-state index contributed by atoms with van der Waals surface area (Å²) in [7, 11) is 0. The minimum Gasteiger partial charge on any atom is -0.324 e. The summed E-state index contributed by atoms with van der Waals surface area (Å²) in [5.74, 6) is -3.12. The molecule has 1 aromatic heterocycles. The standard InChI is InChI=1S/C23H19F3N4O2/c1-12-14-10-27-7-6-18-20(4-5-22(31)28-18)30-11-29(19(14)3-2-15(12)24)21-9-17(26)16(25)8-13(21)23(30)32/h2-5,8-9,27H,6-7,10-11H2,1H3,(H,28,31). The first-order valence-electron chi connectivity index (χ1n) is 10.1. The number of amides is 1. The van der Waals surface area contributed by atoms with E-state index >= 15 is 0 Å². The van der Waals surface area contributed by atoms with Gasteiger partial charge in [0, 0.05) is 43.0 Å². The van der Waals surface area contributed by atoms with Gasteiger partial charge in [-0.25, -0.2) is 13.2 Å². The number of anilines is 3. The fourth-order valence-corrected chi connectivity index (χ4v) is 4.32. The van der Waals surface area contributed by atoms with E-state index in [1.165, 1.54) is 17.0 Å². The van der Waals surface area contributed by atoms with Crippen LogP contribution < -0.4 is 20.7 Å². The van der Waals surface area contributed by atoms with Gasteiger partial charge in [0.1, 0.15) is 12.5 Å². The van der Waals surface area contributed by atoms with Crippen molar-refractivity contribution in [2.75, 3.05) is 23.0 Å². The van der Waals surface area contributed by atoms with Gasteiger partial charge in [-0.1, -0.05) is 0 Å². The van der Waals surface area contributed by atoms with Crippen LogP contribution >= 0.6 is 0 Å². The molecule has 1 amide bonds. The van der Waals surface area contributed by atoms with Crippen LogP contribution in [0.3, 0.4) is 0 Å². The number of hydrogen-bond donors (Lipinski definition) is 2. The molecule has 6 nitrogen and oxygen atoms in total. The molecule has 2 aliphatic rings. The molecule has 32 heavy (non-hydrogen) atoms. The second-order valence-corrected chi connectivity index (χ2v) is 7.87. The number of benzene rings is 2. The van der Waals surface area contributed by atoms with Gasteiger partial charge in [0.05, 0.1) is 16.9 Å². The largest absolute Gasteiger partial charge is 0.324 e. The molecule has 5 rings (SSSR count).